The molecule has 0 fully saturated rings. The number of anilines is 1. The van der Waals surface area contributed by atoms with E-state index in [1.54, 1.807) is 23.9 Å². The van der Waals surface area contributed by atoms with Crippen molar-refractivity contribution in [2.24, 2.45) is 0 Å². The lowest BCUT2D eigenvalue weighted by molar-refractivity contribution is -0.123. The number of carbonyl (C=O) groups excluding carboxylic acids is 2. The minimum absolute atomic E-state index is 0.0261. The van der Waals surface area contributed by atoms with Crippen molar-refractivity contribution < 1.29 is 18.7 Å². The first-order valence-corrected chi connectivity index (χ1v) is 14.2. The zero-order chi connectivity index (χ0) is 28.2. The molecule has 1 N–H and O–H groups in total. The van der Waals surface area contributed by atoms with Crippen molar-refractivity contribution in [1.29, 1.82) is 0 Å². The summed E-state index contributed by atoms with van der Waals surface area (Å²) in [6, 6.07) is 23.5. The summed E-state index contributed by atoms with van der Waals surface area (Å²) in [6.45, 7) is 3.78. The van der Waals surface area contributed by atoms with Gasteiger partial charge in [-0.25, -0.2) is 9.07 Å². The van der Waals surface area contributed by atoms with Gasteiger partial charge in [0.05, 0.1) is 29.5 Å². The van der Waals surface area contributed by atoms with Crippen LogP contribution in [0.1, 0.15) is 36.6 Å². The number of hydrogen-bond donors (Lipinski definition) is 1. The number of benzene rings is 3. The average molecular weight is 559 g/mol. The third-order valence-corrected chi connectivity index (χ3v) is 8.20. The summed E-state index contributed by atoms with van der Waals surface area (Å²) >= 11 is 1.45. The molecule has 0 unspecified atom stereocenters. The van der Waals surface area contributed by atoms with E-state index in [0.29, 0.717) is 22.9 Å². The fourth-order valence-electron chi connectivity index (χ4n) is 4.70. The van der Waals surface area contributed by atoms with Gasteiger partial charge in [0.15, 0.2) is 0 Å². The van der Waals surface area contributed by atoms with E-state index in [9.17, 15) is 14.0 Å². The summed E-state index contributed by atoms with van der Waals surface area (Å²) in [5.74, 6) is 0.564. The Kier molecular flexibility index (Phi) is 8.21. The number of halogens is 1. The standard InChI is InChI=1S/C31H31FN4O3S/c1-4-20(2)33-26(37)18-35-27(38)19-40-30(22-10-12-23(32)13-11-22)28-29(21-8-6-5-7-9-21)34-36(31(28)35)24-14-16-25(39-3)17-15-24/h5-17,20,30H,4,18-19H2,1-3H3,(H,33,37)/t20-,30+/m1/s1. The second-order valence-corrected chi connectivity index (χ2v) is 10.8. The Hall–Kier alpha value is -4.11. The highest BCUT2D eigenvalue weighted by atomic mass is 32.2. The highest BCUT2D eigenvalue weighted by Gasteiger charge is 2.37. The van der Waals surface area contributed by atoms with Crippen LogP contribution in [0.4, 0.5) is 10.2 Å². The highest BCUT2D eigenvalue weighted by Crippen LogP contribution is 2.48. The molecule has 40 heavy (non-hydrogen) atoms. The molecule has 2 atom stereocenters. The molecule has 0 spiro atoms. The summed E-state index contributed by atoms with van der Waals surface area (Å²) in [5.41, 5.74) is 3.91. The molecule has 0 saturated heterocycles. The van der Waals surface area contributed by atoms with Gasteiger partial charge in [-0.1, -0.05) is 49.4 Å². The van der Waals surface area contributed by atoms with Gasteiger partial charge in [-0.3, -0.25) is 14.5 Å². The maximum Gasteiger partial charge on any atom is 0.240 e. The summed E-state index contributed by atoms with van der Waals surface area (Å²) in [4.78, 5) is 28.4. The molecule has 0 aliphatic carbocycles. The minimum Gasteiger partial charge on any atom is -0.497 e. The number of aromatic nitrogens is 2. The third kappa shape index (κ3) is 5.60. The van der Waals surface area contributed by atoms with Gasteiger partial charge in [-0.2, -0.15) is 5.10 Å². The van der Waals surface area contributed by atoms with Crippen molar-refractivity contribution in [2.45, 2.75) is 31.6 Å². The predicted octanol–water partition coefficient (Wildman–Crippen LogP) is 5.77. The first-order valence-electron chi connectivity index (χ1n) is 13.2. The number of ether oxygens (including phenoxy) is 1. The number of nitrogens with zero attached hydrogens (tertiary/aromatic N) is 3. The Balaban J connectivity index is 1.76. The van der Waals surface area contributed by atoms with Crippen LogP contribution in [0, 0.1) is 5.82 Å². The van der Waals surface area contributed by atoms with Crippen molar-refractivity contribution in [3.63, 3.8) is 0 Å². The molecule has 1 aromatic heterocycles. The topological polar surface area (TPSA) is 76.5 Å². The lowest BCUT2D eigenvalue weighted by Crippen LogP contribution is -2.44. The number of nitrogens with one attached hydrogen (secondary N) is 1. The fourth-order valence-corrected chi connectivity index (χ4v) is 5.90. The molecule has 206 valence electrons. The van der Waals surface area contributed by atoms with E-state index in [0.717, 1.165) is 23.1 Å². The lowest BCUT2D eigenvalue weighted by Gasteiger charge is -2.24. The third-order valence-electron chi connectivity index (χ3n) is 6.95. The van der Waals surface area contributed by atoms with Crippen LogP contribution < -0.4 is 15.0 Å². The molecule has 0 bridgehead atoms. The van der Waals surface area contributed by atoms with Crippen LogP contribution in [0.3, 0.4) is 0 Å². The van der Waals surface area contributed by atoms with Gasteiger partial charge in [-0.15, -0.1) is 11.8 Å². The van der Waals surface area contributed by atoms with E-state index in [1.165, 1.54) is 28.8 Å². The Labute approximate surface area is 237 Å². The lowest BCUT2D eigenvalue weighted by atomic mass is 9.99. The number of carbonyl (C=O) groups is 2. The molecule has 2 amide bonds. The number of methoxy groups -OCH3 is 1. The fraction of sp³-hybridized carbons (Fsp3) is 0.258. The predicted molar refractivity (Wildman–Crippen MR) is 157 cm³/mol. The number of rotatable bonds is 8. The molecule has 1 aliphatic rings. The monoisotopic (exact) mass is 558 g/mol. The van der Waals surface area contributed by atoms with E-state index in [1.807, 2.05) is 68.4 Å². The van der Waals surface area contributed by atoms with Crippen LogP contribution in [0.5, 0.6) is 5.75 Å². The van der Waals surface area contributed by atoms with E-state index in [-0.39, 0.29) is 41.2 Å². The molecule has 2 heterocycles. The van der Waals surface area contributed by atoms with Crippen LogP contribution in [0.15, 0.2) is 78.9 Å². The summed E-state index contributed by atoms with van der Waals surface area (Å²) in [5, 5.41) is 7.71. The molecule has 0 saturated carbocycles. The van der Waals surface area contributed by atoms with Crippen LogP contribution in [0.25, 0.3) is 16.9 Å². The minimum atomic E-state index is -0.334. The Bertz CT molecular complexity index is 1490. The van der Waals surface area contributed by atoms with Gasteiger partial charge in [0.25, 0.3) is 0 Å². The van der Waals surface area contributed by atoms with Gasteiger partial charge < -0.3 is 10.1 Å². The van der Waals surface area contributed by atoms with E-state index in [2.05, 4.69) is 5.32 Å². The number of fused-ring (bicyclic) bond motifs is 1. The quantitative estimate of drug-likeness (QED) is 0.297. The van der Waals surface area contributed by atoms with Gasteiger partial charge in [0, 0.05) is 17.2 Å². The Morgan fingerprint density at radius 2 is 1.80 bits per heavy atom. The molecule has 3 aromatic carbocycles. The van der Waals surface area contributed by atoms with Crippen molar-refractivity contribution in [3.8, 4) is 22.7 Å². The molecule has 0 radical (unpaired) electrons. The second-order valence-electron chi connectivity index (χ2n) is 9.66. The van der Waals surface area contributed by atoms with Crippen LogP contribution in [-0.2, 0) is 9.59 Å². The summed E-state index contributed by atoms with van der Waals surface area (Å²) in [6.07, 6.45) is 0.773. The molecule has 5 rings (SSSR count). The normalized spacial score (nSPS) is 15.8. The number of hydrogen-bond acceptors (Lipinski definition) is 5. The van der Waals surface area contributed by atoms with Crippen LogP contribution >= 0.6 is 11.8 Å². The Morgan fingerprint density at radius 3 is 2.45 bits per heavy atom. The largest absolute Gasteiger partial charge is 0.497 e. The highest BCUT2D eigenvalue weighted by molar-refractivity contribution is 8.00. The smallest absolute Gasteiger partial charge is 0.240 e. The van der Waals surface area contributed by atoms with Crippen molar-refractivity contribution in [3.05, 3.63) is 95.8 Å². The SMILES string of the molecule is CC[C@@H](C)NC(=O)CN1C(=O)CS[C@@H](c2ccc(F)cc2)c2c(-c3ccccc3)nn(-c3ccc(OC)cc3)c21. The van der Waals surface area contributed by atoms with Crippen molar-refractivity contribution in [1.82, 2.24) is 15.1 Å². The molecule has 7 nitrogen and oxygen atoms in total. The molecule has 9 heteroatoms. The number of thioether (sulfide) groups is 1. The summed E-state index contributed by atoms with van der Waals surface area (Å²) in [7, 11) is 1.60. The van der Waals surface area contributed by atoms with Crippen molar-refractivity contribution in [2.75, 3.05) is 24.3 Å². The first-order chi connectivity index (χ1) is 19.4. The first kappa shape index (κ1) is 27.5. The van der Waals surface area contributed by atoms with Gasteiger partial charge in [0.2, 0.25) is 11.8 Å². The van der Waals surface area contributed by atoms with E-state index >= 15 is 0 Å². The number of amides is 2. The van der Waals surface area contributed by atoms with Crippen LogP contribution in [0.2, 0.25) is 0 Å². The van der Waals surface area contributed by atoms with Crippen LogP contribution in [-0.4, -0.2) is 47.0 Å². The molecular weight excluding hydrogens is 527 g/mol. The van der Waals surface area contributed by atoms with Gasteiger partial charge in [0.1, 0.15) is 23.9 Å². The molecule has 1 aliphatic heterocycles. The average Bonchev–Trinajstić information content (AvgIpc) is 3.30. The van der Waals surface area contributed by atoms with Crippen molar-refractivity contribution >= 4 is 29.4 Å². The van der Waals surface area contributed by atoms with E-state index < -0.39 is 0 Å². The molecular formula is C31H31FN4O3S. The maximum absolute atomic E-state index is 13.9. The second kappa shape index (κ2) is 12.0. The van der Waals surface area contributed by atoms with Gasteiger partial charge in [-0.05, 0) is 55.3 Å². The summed E-state index contributed by atoms with van der Waals surface area (Å²) < 4.78 is 21.0. The van der Waals surface area contributed by atoms with Gasteiger partial charge >= 0.3 is 0 Å². The maximum atomic E-state index is 13.9. The Morgan fingerprint density at radius 1 is 1.10 bits per heavy atom. The van der Waals surface area contributed by atoms with E-state index in [4.69, 9.17) is 9.84 Å². The molecule has 4 aromatic rings. The zero-order valence-electron chi connectivity index (χ0n) is 22.6. The zero-order valence-corrected chi connectivity index (χ0v) is 23.5.